The molecule has 178 valence electrons. The maximum absolute atomic E-state index is 13.7. The SMILES string of the molecule is CC(=O)Nc1ccc(NC(=O)Cn2c(CN3CCCC3)nc3sc4c(c3c2=O)CCCC4)cc1. The number of hydrogen-bond acceptors (Lipinski definition) is 6. The minimum atomic E-state index is -0.276. The van der Waals surface area contributed by atoms with E-state index in [0.29, 0.717) is 29.1 Å². The summed E-state index contributed by atoms with van der Waals surface area (Å²) >= 11 is 1.65. The third-order valence-corrected chi connectivity index (χ3v) is 7.69. The quantitative estimate of drug-likeness (QED) is 0.564. The molecule has 8 nitrogen and oxygen atoms in total. The number of thiophene rings is 1. The van der Waals surface area contributed by atoms with Crippen LogP contribution in [0, 0.1) is 0 Å². The number of nitrogens with one attached hydrogen (secondary N) is 2. The monoisotopic (exact) mass is 479 g/mol. The largest absolute Gasteiger partial charge is 0.326 e. The molecule has 1 saturated heterocycles. The van der Waals surface area contributed by atoms with Crippen molar-refractivity contribution in [2.45, 2.75) is 58.5 Å². The van der Waals surface area contributed by atoms with Crippen molar-refractivity contribution in [3.63, 3.8) is 0 Å². The Hall–Kier alpha value is -3.04. The Labute approximate surface area is 202 Å². The van der Waals surface area contributed by atoms with E-state index in [2.05, 4.69) is 15.5 Å². The fraction of sp³-hybridized carbons (Fsp3) is 0.440. The minimum absolute atomic E-state index is 0.0803. The first-order valence-corrected chi connectivity index (χ1v) is 12.7. The molecule has 2 aromatic heterocycles. The van der Waals surface area contributed by atoms with Crippen LogP contribution in [0.25, 0.3) is 10.2 Å². The summed E-state index contributed by atoms with van der Waals surface area (Å²) in [6.45, 7) is 3.92. The molecule has 0 unspecified atom stereocenters. The van der Waals surface area contributed by atoms with Crippen molar-refractivity contribution in [1.29, 1.82) is 0 Å². The topological polar surface area (TPSA) is 96.3 Å². The maximum atomic E-state index is 13.7. The molecular weight excluding hydrogens is 450 g/mol. The molecule has 5 rings (SSSR count). The molecule has 1 aliphatic heterocycles. The van der Waals surface area contributed by atoms with Gasteiger partial charge in [-0.1, -0.05) is 0 Å². The average Bonchev–Trinajstić information content (AvgIpc) is 3.45. The molecule has 1 aliphatic carbocycles. The van der Waals surface area contributed by atoms with Gasteiger partial charge in [0.25, 0.3) is 5.56 Å². The Morgan fingerprint density at radius 3 is 2.38 bits per heavy atom. The lowest BCUT2D eigenvalue weighted by Crippen LogP contribution is -2.33. The van der Waals surface area contributed by atoms with Crippen molar-refractivity contribution >= 4 is 44.7 Å². The summed E-state index contributed by atoms with van der Waals surface area (Å²) in [5, 5.41) is 6.28. The van der Waals surface area contributed by atoms with E-state index in [1.165, 1.54) is 11.8 Å². The number of amides is 2. The van der Waals surface area contributed by atoms with Gasteiger partial charge < -0.3 is 10.6 Å². The molecule has 1 aromatic carbocycles. The van der Waals surface area contributed by atoms with Gasteiger partial charge in [-0.25, -0.2) is 4.98 Å². The highest BCUT2D eigenvalue weighted by Gasteiger charge is 2.24. The summed E-state index contributed by atoms with van der Waals surface area (Å²) in [5.74, 6) is 0.233. The van der Waals surface area contributed by atoms with E-state index < -0.39 is 0 Å². The van der Waals surface area contributed by atoms with E-state index in [1.54, 1.807) is 40.2 Å². The molecule has 0 saturated carbocycles. The fourth-order valence-electron chi connectivity index (χ4n) is 4.89. The first-order chi connectivity index (χ1) is 16.5. The number of aryl methyl sites for hydroxylation is 2. The summed E-state index contributed by atoms with van der Waals surface area (Å²) in [7, 11) is 0. The first-order valence-electron chi connectivity index (χ1n) is 11.9. The number of carbonyl (C=O) groups is 2. The number of benzene rings is 1. The molecule has 0 bridgehead atoms. The first kappa shape index (κ1) is 22.7. The smallest absolute Gasteiger partial charge is 0.263 e. The highest BCUT2D eigenvalue weighted by molar-refractivity contribution is 7.18. The van der Waals surface area contributed by atoms with Crippen LogP contribution < -0.4 is 16.2 Å². The van der Waals surface area contributed by atoms with Gasteiger partial charge in [-0.15, -0.1) is 11.3 Å². The van der Waals surface area contributed by atoms with Crippen LogP contribution in [0.1, 0.15) is 48.9 Å². The molecule has 0 atom stereocenters. The summed E-state index contributed by atoms with van der Waals surface area (Å²) in [6, 6.07) is 6.92. The van der Waals surface area contributed by atoms with Gasteiger partial charge in [0.2, 0.25) is 11.8 Å². The molecular formula is C25H29N5O3S. The number of rotatable bonds is 6. The minimum Gasteiger partial charge on any atom is -0.326 e. The molecule has 3 heterocycles. The molecule has 1 fully saturated rings. The van der Waals surface area contributed by atoms with Crippen molar-refractivity contribution in [2.24, 2.45) is 0 Å². The number of hydrogen-bond donors (Lipinski definition) is 2. The van der Waals surface area contributed by atoms with Crippen LogP contribution in [0.15, 0.2) is 29.1 Å². The predicted molar refractivity (Wildman–Crippen MR) is 134 cm³/mol. The van der Waals surface area contributed by atoms with E-state index in [0.717, 1.165) is 62.0 Å². The zero-order valence-electron chi connectivity index (χ0n) is 19.4. The summed E-state index contributed by atoms with van der Waals surface area (Å²) < 4.78 is 1.57. The summed E-state index contributed by atoms with van der Waals surface area (Å²) in [6.07, 6.45) is 6.45. The van der Waals surface area contributed by atoms with E-state index in [4.69, 9.17) is 4.98 Å². The van der Waals surface area contributed by atoms with Gasteiger partial charge in [-0.2, -0.15) is 0 Å². The van der Waals surface area contributed by atoms with E-state index in [9.17, 15) is 14.4 Å². The second-order valence-electron chi connectivity index (χ2n) is 9.10. The highest BCUT2D eigenvalue weighted by atomic mass is 32.1. The van der Waals surface area contributed by atoms with Gasteiger partial charge in [-0.05, 0) is 81.4 Å². The molecule has 34 heavy (non-hydrogen) atoms. The summed E-state index contributed by atoms with van der Waals surface area (Å²) in [4.78, 5) is 47.2. The predicted octanol–water partition coefficient (Wildman–Crippen LogP) is 3.53. The van der Waals surface area contributed by atoms with Gasteiger partial charge in [0.05, 0.1) is 11.9 Å². The van der Waals surface area contributed by atoms with Gasteiger partial charge in [0.1, 0.15) is 17.2 Å². The average molecular weight is 480 g/mol. The third-order valence-electron chi connectivity index (χ3n) is 6.51. The molecule has 2 N–H and O–H groups in total. The van der Waals surface area contributed by atoms with Crippen LogP contribution in [0.4, 0.5) is 11.4 Å². The lowest BCUT2D eigenvalue weighted by molar-refractivity contribution is -0.117. The van der Waals surface area contributed by atoms with Gasteiger partial charge in [-0.3, -0.25) is 23.9 Å². The lowest BCUT2D eigenvalue weighted by atomic mass is 9.97. The van der Waals surface area contributed by atoms with E-state index >= 15 is 0 Å². The molecule has 0 spiro atoms. The van der Waals surface area contributed by atoms with Gasteiger partial charge >= 0.3 is 0 Å². The maximum Gasteiger partial charge on any atom is 0.263 e. The molecule has 9 heteroatoms. The molecule has 2 amide bonds. The van der Waals surface area contributed by atoms with E-state index in [-0.39, 0.29) is 23.9 Å². The molecule has 3 aromatic rings. The number of anilines is 2. The number of carbonyl (C=O) groups excluding carboxylic acids is 2. The second-order valence-corrected chi connectivity index (χ2v) is 10.2. The van der Waals surface area contributed by atoms with Crippen LogP contribution in [-0.4, -0.2) is 39.4 Å². The fourth-order valence-corrected chi connectivity index (χ4v) is 6.16. The van der Waals surface area contributed by atoms with E-state index in [1.807, 2.05) is 0 Å². The van der Waals surface area contributed by atoms with Crippen LogP contribution >= 0.6 is 11.3 Å². The Kier molecular flexibility index (Phi) is 6.47. The Morgan fingerprint density at radius 1 is 1.00 bits per heavy atom. The van der Waals surface area contributed by atoms with Crippen LogP contribution in [-0.2, 0) is 35.5 Å². The van der Waals surface area contributed by atoms with Gasteiger partial charge in [0, 0.05) is 23.2 Å². The number of nitrogens with zero attached hydrogens (tertiary/aromatic N) is 3. The van der Waals surface area contributed by atoms with Crippen LogP contribution in [0.3, 0.4) is 0 Å². The van der Waals surface area contributed by atoms with Gasteiger partial charge in [0.15, 0.2) is 0 Å². The molecule has 2 aliphatic rings. The van der Waals surface area contributed by atoms with Crippen LogP contribution in [0.2, 0.25) is 0 Å². The second kappa shape index (κ2) is 9.68. The Bertz CT molecular complexity index is 1290. The number of aromatic nitrogens is 2. The third kappa shape index (κ3) is 4.76. The zero-order valence-corrected chi connectivity index (χ0v) is 20.2. The standard InChI is InChI=1S/C25H29N5O3S/c1-16(31)26-17-8-10-18(11-9-17)27-22(32)15-30-21(14-29-12-4-5-13-29)28-24-23(25(30)33)19-6-2-3-7-20(19)34-24/h8-11H,2-7,12-15H2,1H3,(H,26,31)(H,27,32). The van der Waals surface area contributed by atoms with Crippen molar-refractivity contribution in [1.82, 2.24) is 14.5 Å². The molecule has 0 radical (unpaired) electrons. The lowest BCUT2D eigenvalue weighted by Gasteiger charge is -2.18. The van der Waals surface area contributed by atoms with Crippen molar-refractivity contribution in [2.75, 3.05) is 23.7 Å². The van der Waals surface area contributed by atoms with Crippen molar-refractivity contribution in [3.8, 4) is 0 Å². The number of fused-ring (bicyclic) bond motifs is 3. The van der Waals surface area contributed by atoms with Crippen molar-refractivity contribution < 1.29 is 9.59 Å². The van der Waals surface area contributed by atoms with Crippen LogP contribution in [0.5, 0.6) is 0 Å². The number of likely N-dealkylation sites (tertiary alicyclic amines) is 1. The van der Waals surface area contributed by atoms with Crippen molar-refractivity contribution in [3.05, 3.63) is 50.9 Å². The Morgan fingerprint density at radius 2 is 1.68 bits per heavy atom. The highest BCUT2D eigenvalue weighted by Crippen LogP contribution is 2.34. The zero-order chi connectivity index (χ0) is 23.7. The normalized spacial score (nSPS) is 15.9. The Balaban J connectivity index is 1.44. The summed E-state index contributed by atoms with van der Waals surface area (Å²) in [5.41, 5.74) is 2.30.